The molecule has 3 nitrogen and oxygen atoms in total. The molecule has 0 unspecified atom stereocenters. The third-order valence-corrected chi connectivity index (χ3v) is 3.18. The van der Waals surface area contributed by atoms with Crippen molar-refractivity contribution < 1.29 is 4.74 Å². The maximum atomic E-state index is 6.05. The van der Waals surface area contributed by atoms with Crippen LogP contribution in [0.2, 0.25) is 5.02 Å². The van der Waals surface area contributed by atoms with Crippen LogP contribution in [0.1, 0.15) is 5.69 Å². The van der Waals surface area contributed by atoms with Crippen LogP contribution in [0.5, 0.6) is 5.75 Å². The van der Waals surface area contributed by atoms with Gasteiger partial charge in [0, 0.05) is 16.4 Å². The highest BCUT2D eigenvalue weighted by Gasteiger charge is 2.02. The number of hydrogen-bond acceptors (Lipinski definition) is 3. The van der Waals surface area contributed by atoms with Crippen LogP contribution in [0.3, 0.4) is 0 Å². The molecule has 0 bridgehead atoms. The summed E-state index contributed by atoms with van der Waals surface area (Å²) < 4.78 is 6.07. The number of hydrogen-bond donors (Lipinski definition) is 1. The Balaban J connectivity index is 2.02. The molecule has 0 saturated carbocycles. The summed E-state index contributed by atoms with van der Waals surface area (Å²) in [6, 6.07) is 9.51. The van der Waals surface area contributed by atoms with Crippen LogP contribution in [0.4, 0.5) is 5.69 Å². The van der Waals surface area contributed by atoms with Gasteiger partial charge in [0.05, 0.1) is 24.4 Å². The lowest BCUT2D eigenvalue weighted by Gasteiger charge is -2.08. The highest BCUT2D eigenvalue weighted by molar-refractivity contribution is 9.10. The average Bonchev–Trinajstić information content (AvgIpc) is 2.38. The highest BCUT2D eigenvalue weighted by Crippen LogP contribution is 2.27. The SMILES string of the molecule is COc1ccc(NCc2ccc(Br)cn2)cc1Cl. The van der Waals surface area contributed by atoms with Gasteiger partial charge in [0.25, 0.3) is 0 Å². The molecule has 0 aliphatic rings. The molecule has 1 aromatic heterocycles. The van der Waals surface area contributed by atoms with Crippen molar-refractivity contribution in [2.75, 3.05) is 12.4 Å². The van der Waals surface area contributed by atoms with Crippen molar-refractivity contribution in [2.45, 2.75) is 6.54 Å². The summed E-state index contributed by atoms with van der Waals surface area (Å²) in [6.45, 7) is 0.649. The Morgan fingerprint density at radius 1 is 1.33 bits per heavy atom. The van der Waals surface area contributed by atoms with Crippen LogP contribution in [0.15, 0.2) is 41.0 Å². The van der Waals surface area contributed by atoms with E-state index in [0.717, 1.165) is 15.9 Å². The Morgan fingerprint density at radius 3 is 2.78 bits per heavy atom. The van der Waals surface area contributed by atoms with E-state index in [0.29, 0.717) is 17.3 Å². The molecule has 5 heteroatoms. The van der Waals surface area contributed by atoms with Gasteiger partial charge in [0.15, 0.2) is 0 Å². The number of halogens is 2. The lowest BCUT2D eigenvalue weighted by atomic mass is 10.3. The Labute approximate surface area is 119 Å². The maximum absolute atomic E-state index is 6.05. The summed E-state index contributed by atoms with van der Waals surface area (Å²) in [5.74, 6) is 0.670. The summed E-state index contributed by atoms with van der Waals surface area (Å²) in [5, 5.41) is 3.84. The van der Waals surface area contributed by atoms with Crippen molar-refractivity contribution in [2.24, 2.45) is 0 Å². The predicted octanol–water partition coefficient (Wildman–Crippen LogP) is 4.12. The summed E-state index contributed by atoms with van der Waals surface area (Å²) in [5.41, 5.74) is 1.90. The van der Waals surface area contributed by atoms with E-state index >= 15 is 0 Å². The Bertz CT molecular complexity index is 531. The van der Waals surface area contributed by atoms with Gasteiger partial charge in [-0.3, -0.25) is 4.98 Å². The molecule has 1 aromatic carbocycles. The van der Waals surface area contributed by atoms with Crippen molar-refractivity contribution in [3.8, 4) is 5.75 Å². The van der Waals surface area contributed by atoms with Gasteiger partial charge in [-0.1, -0.05) is 11.6 Å². The number of aromatic nitrogens is 1. The summed E-state index contributed by atoms with van der Waals surface area (Å²) in [7, 11) is 1.60. The molecule has 2 aromatic rings. The second-order valence-corrected chi connectivity index (χ2v) is 4.99. The molecule has 18 heavy (non-hydrogen) atoms. The number of nitrogens with one attached hydrogen (secondary N) is 1. The quantitative estimate of drug-likeness (QED) is 0.917. The first kappa shape index (κ1) is 13.2. The van der Waals surface area contributed by atoms with E-state index in [1.165, 1.54) is 0 Å². The van der Waals surface area contributed by atoms with Crippen LogP contribution < -0.4 is 10.1 Å². The van der Waals surface area contributed by atoms with Gasteiger partial charge in [-0.2, -0.15) is 0 Å². The highest BCUT2D eigenvalue weighted by atomic mass is 79.9. The normalized spacial score (nSPS) is 10.2. The van der Waals surface area contributed by atoms with Crippen molar-refractivity contribution >= 4 is 33.2 Å². The molecule has 0 saturated heterocycles. The molecule has 1 N–H and O–H groups in total. The van der Waals surface area contributed by atoms with Crippen molar-refractivity contribution in [3.63, 3.8) is 0 Å². The lowest BCUT2D eigenvalue weighted by molar-refractivity contribution is 0.415. The number of nitrogens with zero attached hydrogens (tertiary/aromatic N) is 1. The zero-order valence-electron chi connectivity index (χ0n) is 9.78. The van der Waals surface area contributed by atoms with Gasteiger partial charge < -0.3 is 10.1 Å². The Morgan fingerprint density at radius 2 is 2.17 bits per heavy atom. The molecular formula is C13H12BrClN2O. The van der Waals surface area contributed by atoms with Gasteiger partial charge in [0.1, 0.15) is 5.75 Å². The largest absolute Gasteiger partial charge is 0.495 e. The van der Waals surface area contributed by atoms with Crippen LogP contribution in [-0.4, -0.2) is 12.1 Å². The predicted molar refractivity (Wildman–Crippen MR) is 77.3 cm³/mol. The third kappa shape index (κ3) is 3.37. The van der Waals surface area contributed by atoms with E-state index in [9.17, 15) is 0 Å². The molecule has 0 aliphatic carbocycles. The van der Waals surface area contributed by atoms with E-state index < -0.39 is 0 Å². The molecule has 0 radical (unpaired) electrons. The number of benzene rings is 1. The maximum Gasteiger partial charge on any atom is 0.137 e. The minimum Gasteiger partial charge on any atom is -0.495 e. The van der Waals surface area contributed by atoms with E-state index in [2.05, 4.69) is 26.2 Å². The van der Waals surface area contributed by atoms with E-state index in [1.807, 2.05) is 30.3 Å². The average molecular weight is 328 g/mol. The molecule has 2 rings (SSSR count). The smallest absolute Gasteiger partial charge is 0.137 e. The molecule has 0 amide bonds. The molecule has 0 fully saturated rings. The minimum absolute atomic E-state index is 0.589. The third-order valence-electron chi connectivity index (χ3n) is 2.41. The first-order valence-corrected chi connectivity index (χ1v) is 6.54. The van der Waals surface area contributed by atoms with Crippen LogP contribution in [0.25, 0.3) is 0 Å². The van der Waals surface area contributed by atoms with E-state index in [1.54, 1.807) is 13.3 Å². The first-order valence-electron chi connectivity index (χ1n) is 5.37. The first-order chi connectivity index (χ1) is 8.69. The van der Waals surface area contributed by atoms with Crippen LogP contribution in [-0.2, 0) is 6.54 Å². The summed E-state index contributed by atoms with van der Waals surface area (Å²) >= 11 is 9.40. The van der Waals surface area contributed by atoms with Crippen molar-refractivity contribution in [1.82, 2.24) is 4.98 Å². The monoisotopic (exact) mass is 326 g/mol. The molecule has 94 valence electrons. The van der Waals surface area contributed by atoms with Gasteiger partial charge in [-0.05, 0) is 46.3 Å². The fraction of sp³-hybridized carbons (Fsp3) is 0.154. The second-order valence-electron chi connectivity index (χ2n) is 3.67. The number of ether oxygens (including phenoxy) is 1. The minimum atomic E-state index is 0.589. The second kappa shape index (κ2) is 6.07. The number of methoxy groups -OCH3 is 1. The topological polar surface area (TPSA) is 34.1 Å². The Hall–Kier alpha value is -1.26. The van der Waals surface area contributed by atoms with Gasteiger partial charge in [-0.15, -0.1) is 0 Å². The summed E-state index contributed by atoms with van der Waals surface area (Å²) in [6.07, 6.45) is 1.78. The Kier molecular flexibility index (Phi) is 4.44. The van der Waals surface area contributed by atoms with Crippen molar-refractivity contribution in [1.29, 1.82) is 0 Å². The van der Waals surface area contributed by atoms with E-state index in [4.69, 9.17) is 16.3 Å². The van der Waals surface area contributed by atoms with Crippen molar-refractivity contribution in [3.05, 3.63) is 51.7 Å². The lowest BCUT2D eigenvalue weighted by Crippen LogP contribution is -2.01. The fourth-order valence-corrected chi connectivity index (χ4v) is 1.97. The van der Waals surface area contributed by atoms with Gasteiger partial charge in [0.2, 0.25) is 0 Å². The zero-order valence-corrected chi connectivity index (χ0v) is 12.1. The van der Waals surface area contributed by atoms with Crippen LogP contribution >= 0.6 is 27.5 Å². The number of anilines is 1. The molecular weight excluding hydrogens is 316 g/mol. The molecule has 0 atom stereocenters. The zero-order chi connectivity index (χ0) is 13.0. The van der Waals surface area contributed by atoms with Crippen LogP contribution in [0, 0.1) is 0 Å². The molecule has 1 heterocycles. The molecule has 0 aliphatic heterocycles. The van der Waals surface area contributed by atoms with Gasteiger partial charge >= 0.3 is 0 Å². The molecule has 0 spiro atoms. The van der Waals surface area contributed by atoms with Gasteiger partial charge in [-0.25, -0.2) is 0 Å². The van der Waals surface area contributed by atoms with E-state index in [-0.39, 0.29) is 0 Å². The summed E-state index contributed by atoms with van der Waals surface area (Å²) in [4.78, 5) is 4.28. The standard InChI is InChI=1S/C13H12BrClN2O/c1-18-13-5-4-10(6-12(13)15)17-8-11-3-2-9(14)7-16-11/h2-7,17H,8H2,1H3. The number of rotatable bonds is 4. The number of pyridine rings is 1. The fourth-order valence-electron chi connectivity index (χ4n) is 1.48.